The Labute approximate surface area is 145 Å². The lowest BCUT2D eigenvalue weighted by Crippen LogP contribution is -2.58. The molecule has 0 saturated heterocycles. The van der Waals surface area contributed by atoms with Gasteiger partial charge in [0.05, 0.1) is 0 Å². The van der Waals surface area contributed by atoms with Crippen molar-refractivity contribution in [2.45, 2.75) is 52.4 Å². The van der Waals surface area contributed by atoms with Crippen molar-refractivity contribution in [3.05, 3.63) is 30.3 Å². The van der Waals surface area contributed by atoms with Gasteiger partial charge in [-0.2, -0.15) is 0 Å². The quantitative estimate of drug-likeness (QED) is 0.881. The first-order valence-electron chi connectivity index (χ1n) is 9.32. The van der Waals surface area contributed by atoms with Crippen molar-refractivity contribution in [3.8, 4) is 5.75 Å². The van der Waals surface area contributed by atoms with Crippen LogP contribution in [0.3, 0.4) is 0 Å². The number of hydrogen-bond acceptors (Lipinski definition) is 2. The Morgan fingerprint density at radius 3 is 2.38 bits per heavy atom. The van der Waals surface area contributed by atoms with Crippen LogP contribution in [0.25, 0.3) is 0 Å². The predicted molar refractivity (Wildman–Crippen MR) is 94.8 cm³/mol. The number of nitrogens with one attached hydrogen (secondary N) is 1. The fraction of sp³-hybridized carbons (Fsp3) is 0.667. The molecule has 4 bridgehead atoms. The highest BCUT2D eigenvalue weighted by molar-refractivity contribution is 5.77. The summed E-state index contributed by atoms with van der Waals surface area (Å²) in [5.41, 5.74) is 1.32. The maximum Gasteiger partial charge on any atom is 0.257 e. The first kappa shape index (κ1) is 16.0. The molecule has 4 aliphatic rings. The molecule has 0 aromatic heterocycles. The molecule has 0 aliphatic heterocycles. The number of para-hydroxylation sites is 1. The third-order valence-electron chi connectivity index (χ3n) is 6.52. The Morgan fingerprint density at radius 1 is 1.08 bits per heavy atom. The number of amides is 1. The third-order valence-corrected chi connectivity index (χ3v) is 6.52. The Bertz CT molecular complexity index is 608. The molecule has 4 fully saturated rings. The molecule has 2 atom stereocenters. The molecule has 5 rings (SSSR count). The molecule has 0 unspecified atom stereocenters. The van der Waals surface area contributed by atoms with E-state index < -0.39 is 0 Å². The zero-order chi connectivity index (χ0) is 16.8. The summed E-state index contributed by atoms with van der Waals surface area (Å²) in [4.78, 5) is 12.2. The van der Waals surface area contributed by atoms with Crippen LogP contribution in [0, 0.1) is 22.2 Å². The molecule has 1 aromatic rings. The Morgan fingerprint density at radius 2 is 1.75 bits per heavy atom. The van der Waals surface area contributed by atoms with Gasteiger partial charge in [-0.15, -0.1) is 0 Å². The summed E-state index contributed by atoms with van der Waals surface area (Å²) >= 11 is 0. The largest absolute Gasteiger partial charge is 0.484 e. The van der Waals surface area contributed by atoms with E-state index in [1.807, 2.05) is 30.3 Å². The highest BCUT2D eigenvalue weighted by Crippen LogP contribution is 2.69. The summed E-state index contributed by atoms with van der Waals surface area (Å²) in [5, 5.41) is 3.18. The van der Waals surface area contributed by atoms with Crippen molar-refractivity contribution < 1.29 is 9.53 Å². The van der Waals surface area contributed by atoms with E-state index in [1.165, 1.54) is 38.5 Å². The zero-order valence-electron chi connectivity index (χ0n) is 14.9. The third kappa shape index (κ3) is 3.05. The number of carbonyl (C=O) groups is 1. The second kappa shape index (κ2) is 5.50. The second-order valence-corrected chi connectivity index (χ2v) is 9.51. The fourth-order valence-electron chi connectivity index (χ4n) is 6.88. The normalized spacial score (nSPS) is 39.7. The Kier molecular flexibility index (Phi) is 3.67. The van der Waals surface area contributed by atoms with Crippen LogP contribution in [0.5, 0.6) is 5.75 Å². The van der Waals surface area contributed by atoms with Gasteiger partial charge in [-0.3, -0.25) is 4.79 Å². The van der Waals surface area contributed by atoms with Crippen LogP contribution >= 0.6 is 0 Å². The SMILES string of the molecule is C[C@@]12CC3CC(CNC(=O)COc4ccccc4)(C1)C[C@@](C)(C3)C2. The molecule has 1 amide bonds. The van der Waals surface area contributed by atoms with Crippen LogP contribution in [0.4, 0.5) is 0 Å². The molecule has 4 aliphatic carbocycles. The summed E-state index contributed by atoms with van der Waals surface area (Å²) in [5.74, 6) is 1.63. The van der Waals surface area contributed by atoms with Crippen LogP contribution in [0.1, 0.15) is 52.4 Å². The van der Waals surface area contributed by atoms with E-state index >= 15 is 0 Å². The van der Waals surface area contributed by atoms with Gasteiger partial charge in [0.1, 0.15) is 5.75 Å². The number of benzene rings is 1. The fourth-order valence-corrected chi connectivity index (χ4v) is 6.88. The minimum absolute atomic E-state index is 0.00454. The van der Waals surface area contributed by atoms with Crippen LogP contribution in [-0.4, -0.2) is 19.1 Å². The van der Waals surface area contributed by atoms with Crippen molar-refractivity contribution in [2.24, 2.45) is 22.2 Å². The van der Waals surface area contributed by atoms with Gasteiger partial charge in [0.2, 0.25) is 0 Å². The summed E-state index contributed by atoms with van der Waals surface area (Å²) < 4.78 is 5.57. The van der Waals surface area contributed by atoms with Gasteiger partial charge in [-0.1, -0.05) is 32.0 Å². The Hall–Kier alpha value is -1.51. The molecule has 0 radical (unpaired) electrons. The zero-order valence-corrected chi connectivity index (χ0v) is 14.9. The molecular weight excluding hydrogens is 298 g/mol. The lowest BCUT2D eigenvalue weighted by Gasteiger charge is -2.65. The van der Waals surface area contributed by atoms with Crippen molar-refractivity contribution in [2.75, 3.05) is 13.2 Å². The van der Waals surface area contributed by atoms with Gasteiger partial charge in [-0.05, 0) is 72.8 Å². The minimum atomic E-state index is 0.00454. The summed E-state index contributed by atoms with van der Waals surface area (Å²) in [6.45, 7) is 5.89. The van der Waals surface area contributed by atoms with Crippen molar-refractivity contribution in [3.63, 3.8) is 0 Å². The lowest BCUT2D eigenvalue weighted by atomic mass is 9.40. The molecular formula is C21H29NO2. The molecule has 3 nitrogen and oxygen atoms in total. The van der Waals surface area contributed by atoms with E-state index in [0.717, 1.165) is 18.2 Å². The van der Waals surface area contributed by atoms with Crippen molar-refractivity contribution >= 4 is 5.91 Å². The second-order valence-electron chi connectivity index (χ2n) is 9.51. The van der Waals surface area contributed by atoms with Crippen LogP contribution in [0.2, 0.25) is 0 Å². The smallest absolute Gasteiger partial charge is 0.257 e. The molecule has 1 aromatic carbocycles. The average Bonchev–Trinajstić information content (AvgIpc) is 2.48. The van der Waals surface area contributed by atoms with E-state index in [4.69, 9.17) is 4.74 Å². The monoisotopic (exact) mass is 327 g/mol. The van der Waals surface area contributed by atoms with Gasteiger partial charge >= 0.3 is 0 Å². The van der Waals surface area contributed by atoms with E-state index in [0.29, 0.717) is 16.2 Å². The van der Waals surface area contributed by atoms with Crippen LogP contribution in [-0.2, 0) is 4.79 Å². The van der Waals surface area contributed by atoms with Crippen LogP contribution in [0.15, 0.2) is 30.3 Å². The molecule has 0 spiro atoms. The number of rotatable bonds is 5. The van der Waals surface area contributed by atoms with Gasteiger partial charge < -0.3 is 10.1 Å². The number of carbonyl (C=O) groups excluding carboxylic acids is 1. The highest BCUT2D eigenvalue weighted by atomic mass is 16.5. The maximum atomic E-state index is 12.2. The first-order chi connectivity index (χ1) is 11.4. The van der Waals surface area contributed by atoms with Gasteiger partial charge in [-0.25, -0.2) is 0 Å². The van der Waals surface area contributed by atoms with Crippen molar-refractivity contribution in [1.82, 2.24) is 5.32 Å². The maximum absolute atomic E-state index is 12.2. The van der Waals surface area contributed by atoms with Gasteiger partial charge in [0, 0.05) is 6.54 Å². The Balaban J connectivity index is 1.35. The van der Waals surface area contributed by atoms with Gasteiger partial charge in [0.25, 0.3) is 5.91 Å². The summed E-state index contributed by atoms with van der Waals surface area (Å²) in [6, 6.07) is 9.55. The van der Waals surface area contributed by atoms with E-state index in [9.17, 15) is 4.79 Å². The van der Waals surface area contributed by atoms with Crippen molar-refractivity contribution in [1.29, 1.82) is 0 Å². The average molecular weight is 327 g/mol. The molecule has 1 N–H and O–H groups in total. The highest BCUT2D eigenvalue weighted by Gasteiger charge is 2.59. The number of hydrogen-bond donors (Lipinski definition) is 1. The summed E-state index contributed by atoms with van der Waals surface area (Å²) in [7, 11) is 0. The van der Waals surface area contributed by atoms with E-state index in [-0.39, 0.29) is 12.5 Å². The van der Waals surface area contributed by atoms with Gasteiger partial charge in [0.15, 0.2) is 6.61 Å². The number of ether oxygens (including phenoxy) is 1. The topological polar surface area (TPSA) is 38.3 Å². The summed E-state index contributed by atoms with van der Waals surface area (Å²) in [6.07, 6.45) is 8.05. The molecule has 24 heavy (non-hydrogen) atoms. The van der Waals surface area contributed by atoms with E-state index in [2.05, 4.69) is 19.2 Å². The molecule has 130 valence electrons. The standard InChI is InChI=1S/C21H29NO2/c1-19-8-16-9-20(2,12-19)14-21(10-16,13-19)15-22-18(23)11-24-17-6-4-3-5-7-17/h3-7,16H,8-15H2,1-2H3,(H,22,23)/t16?,19-,20-,21?/m0/s1. The molecule has 4 saturated carbocycles. The predicted octanol–water partition coefficient (Wildman–Crippen LogP) is 4.18. The molecule has 0 heterocycles. The molecule has 3 heteroatoms. The first-order valence-corrected chi connectivity index (χ1v) is 9.32. The lowest BCUT2D eigenvalue weighted by molar-refractivity contribution is -0.147. The van der Waals surface area contributed by atoms with Crippen LogP contribution < -0.4 is 10.1 Å². The minimum Gasteiger partial charge on any atom is -0.484 e. The van der Waals surface area contributed by atoms with E-state index in [1.54, 1.807) is 0 Å².